The molecule has 0 aliphatic carbocycles. The third kappa shape index (κ3) is 8.78. The van der Waals surface area contributed by atoms with Crippen molar-refractivity contribution in [2.75, 3.05) is 53.4 Å². The second-order valence-corrected chi connectivity index (χ2v) is 11.1. The van der Waals surface area contributed by atoms with Gasteiger partial charge < -0.3 is 34.1 Å². The third-order valence-corrected chi connectivity index (χ3v) is 7.63. The smallest absolute Gasteiger partial charge is 0.322 e. The number of carbonyl (C=O) groups excluding carboxylic acids is 2. The van der Waals surface area contributed by atoms with E-state index in [1.54, 1.807) is 55.8 Å². The van der Waals surface area contributed by atoms with E-state index in [1.807, 2.05) is 49.3 Å². The molecule has 3 aromatic rings. The van der Waals surface area contributed by atoms with Crippen LogP contribution in [0.1, 0.15) is 29.9 Å². The molecule has 3 amide bonds. The van der Waals surface area contributed by atoms with E-state index in [2.05, 4.69) is 11.4 Å². The minimum atomic E-state index is -0.373. The molecule has 222 valence electrons. The minimum absolute atomic E-state index is 0.0567. The fraction of sp³-hybridized carbons (Fsp3) is 0.419. The van der Waals surface area contributed by atoms with Crippen LogP contribution in [0.15, 0.2) is 47.8 Å². The molecule has 0 bridgehead atoms. The quantitative estimate of drug-likeness (QED) is 0.256. The van der Waals surface area contributed by atoms with E-state index in [0.717, 1.165) is 16.0 Å². The summed E-state index contributed by atoms with van der Waals surface area (Å²) in [4.78, 5) is 31.7. The lowest BCUT2D eigenvalue weighted by Gasteiger charge is -2.29. The molecule has 0 saturated heterocycles. The first-order valence-electron chi connectivity index (χ1n) is 13.5. The van der Waals surface area contributed by atoms with Gasteiger partial charge in [-0.25, -0.2) is 4.79 Å². The molecule has 0 spiro atoms. The highest BCUT2D eigenvalue weighted by Crippen LogP contribution is 2.30. The number of nitrogens with one attached hydrogen (secondary N) is 1. The lowest BCUT2D eigenvalue weighted by Crippen LogP contribution is -2.46. The first-order chi connectivity index (χ1) is 19.7. The SMILES string of the molecule is COc1ccc(NC(=O)N(CC(=O)N(CCc2ccc(OC)c(OC)c2)Cc2sccc2C)CC(C)C)c(OC)c1. The Balaban J connectivity index is 1.80. The zero-order valence-corrected chi connectivity index (χ0v) is 25.8. The van der Waals surface area contributed by atoms with E-state index in [0.29, 0.717) is 54.7 Å². The van der Waals surface area contributed by atoms with Gasteiger partial charge in [-0.3, -0.25) is 4.79 Å². The number of hydrogen-bond donors (Lipinski definition) is 1. The van der Waals surface area contributed by atoms with Crippen LogP contribution in [0, 0.1) is 12.8 Å². The van der Waals surface area contributed by atoms with Gasteiger partial charge in [0.05, 0.1) is 40.7 Å². The van der Waals surface area contributed by atoms with Crippen molar-refractivity contribution in [2.45, 2.75) is 33.7 Å². The molecular weight excluding hydrogens is 542 g/mol. The van der Waals surface area contributed by atoms with Gasteiger partial charge in [0.15, 0.2) is 11.5 Å². The zero-order chi connectivity index (χ0) is 29.9. The van der Waals surface area contributed by atoms with E-state index >= 15 is 0 Å². The van der Waals surface area contributed by atoms with Crippen molar-refractivity contribution in [1.29, 1.82) is 0 Å². The van der Waals surface area contributed by atoms with Crippen molar-refractivity contribution >= 4 is 29.0 Å². The summed E-state index contributed by atoms with van der Waals surface area (Å²) in [6, 6.07) is 12.6. The van der Waals surface area contributed by atoms with Crippen molar-refractivity contribution in [3.63, 3.8) is 0 Å². The first kappa shape index (κ1) is 31.6. The maximum Gasteiger partial charge on any atom is 0.322 e. The van der Waals surface area contributed by atoms with Crippen molar-refractivity contribution in [3.05, 3.63) is 63.8 Å². The second-order valence-electron chi connectivity index (χ2n) is 10.1. The molecule has 0 fully saturated rings. The highest BCUT2D eigenvalue weighted by atomic mass is 32.1. The molecule has 41 heavy (non-hydrogen) atoms. The number of ether oxygens (including phenoxy) is 4. The van der Waals surface area contributed by atoms with Crippen molar-refractivity contribution in [2.24, 2.45) is 5.92 Å². The normalized spacial score (nSPS) is 10.7. The molecule has 0 saturated carbocycles. The Hall–Kier alpha value is -3.92. The number of carbonyl (C=O) groups is 2. The fourth-order valence-electron chi connectivity index (χ4n) is 4.35. The summed E-state index contributed by atoms with van der Waals surface area (Å²) in [5.74, 6) is 2.41. The Morgan fingerprint density at radius 2 is 1.61 bits per heavy atom. The van der Waals surface area contributed by atoms with Crippen LogP contribution in [0.4, 0.5) is 10.5 Å². The van der Waals surface area contributed by atoms with Crippen molar-refractivity contribution in [1.82, 2.24) is 9.80 Å². The molecule has 10 heteroatoms. The van der Waals surface area contributed by atoms with Crippen LogP contribution in [0.5, 0.6) is 23.0 Å². The summed E-state index contributed by atoms with van der Waals surface area (Å²) in [5, 5.41) is 4.94. The van der Waals surface area contributed by atoms with Gasteiger partial charge in [-0.2, -0.15) is 0 Å². The molecule has 1 aromatic heterocycles. The summed E-state index contributed by atoms with van der Waals surface area (Å²) in [5.41, 5.74) is 2.66. The summed E-state index contributed by atoms with van der Waals surface area (Å²) in [6.45, 7) is 7.39. The average molecular weight is 584 g/mol. The van der Waals surface area contributed by atoms with Gasteiger partial charge in [0.2, 0.25) is 5.91 Å². The lowest BCUT2D eigenvalue weighted by atomic mass is 10.1. The summed E-state index contributed by atoms with van der Waals surface area (Å²) in [7, 11) is 6.30. The van der Waals surface area contributed by atoms with Gasteiger partial charge in [-0.05, 0) is 66.1 Å². The minimum Gasteiger partial charge on any atom is -0.497 e. The molecule has 0 atom stereocenters. The Morgan fingerprint density at radius 1 is 0.878 bits per heavy atom. The molecule has 0 radical (unpaired) electrons. The maximum absolute atomic E-state index is 13.8. The van der Waals surface area contributed by atoms with Crippen LogP contribution in [0.25, 0.3) is 0 Å². The largest absolute Gasteiger partial charge is 0.497 e. The molecule has 1 heterocycles. The van der Waals surface area contributed by atoms with E-state index in [4.69, 9.17) is 18.9 Å². The number of amides is 3. The highest BCUT2D eigenvalue weighted by molar-refractivity contribution is 7.10. The molecule has 1 N–H and O–H groups in total. The number of anilines is 1. The van der Waals surface area contributed by atoms with Crippen LogP contribution in [-0.4, -0.2) is 69.8 Å². The number of nitrogens with zero attached hydrogens (tertiary/aromatic N) is 2. The number of rotatable bonds is 14. The Morgan fingerprint density at radius 3 is 2.22 bits per heavy atom. The van der Waals surface area contributed by atoms with E-state index in [-0.39, 0.29) is 24.4 Å². The van der Waals surface area contributed by atoms with Crippen LogP contribution < -0.4 is 24.3 Å². The van der Waals surface area contributed by atoms with Crippen LogP contribution in [0.3, 0.4) is 0 Å². The number of methoxy groups -OCH3 is 4. The Labute approximate surface area is 247 Å². The average Bonchev–Trinajstić information content (AvgIpc) is 3.38. The molecule has 3 rings (SSSR count). The highest BCUT2D eigenvalue weighted by Gasteiger charge is 2.24. The number of hydrogen-bond acceptors (Lipinski definition) is 7. The van der Waals surface area contributed by atoms with E-state index in [1.165, 1.54) is 7.11 Å². The summed E-state index contributed by atoms with van der Waals surface area (Å²) in [6.07, 6.45) is 0.621. The molecule has 0 aliphatic rings. The Kier molecular flexibility index (Phi) is 11.7. The van der Waals surface area contributed by atoms with Crippen molar-refractivity contribution < 1.29 is 28.5 Å². The van der Waals surface area contributed by atoms with Crippen molar-refractivity contribution in [3.8, 4) is 23.0 Å². The summed E-state index contributed by atoms with van der Waals surface area (Å²) >= 11 is 1.63. The van der Waals surface area contributed by atoms with E-state index in [9.17, 15) is 9.59 Å². The summed E-state index contributed by atoms with van der Waals surface area (Å²) < 4.78 is 21.5. The van der Waals surface area contributed by atoms with Crippen LogP contribution in [0.2, 0.25) is 0 Å². The van der Waals surface area contributed by atoms with Gasteiger partial charge in [0.1, 0.15) is 18.0 Å². The third-order valence-electron chi connectivity index (χ3n) is 6.62. The predicted octanol–water partition coefficient (Wildman–Crippen LogP) is 5.85. The molecule has 0 aliphatic heterocycles. The van der Waals surface area contributed by atoms with Gasteiger partial charge in [-0.1, -0.05) is 19.9 Å². The number of thiophene rings is 1. The number of aryl methyl sites for hydroxylation is 1. The predicted molar refractivity (Wildman–Crippen MR) is 163 cm³/mol. The van der Waals surface area contributed by atoms with E-state index < -0.39 is 0 Å². The monoisotopic (exact) mass is 583 g/mol. The zero-order valence-electron chi connectivity index (χ0n) is 25.0. The maximum atomic E-state index is 13.8. The topological polar surface area (TPSA) is 89.6 Å². The van der Waals surface area contributed by atoms with Gasteiger partial charge in [0.25, 0.3) is 0 Å². The number of benzene rings is 2. The molecule has 2 aromatic carbocycles. The molecular formula is C31H41N3O6S. The van der Waals surface area contributed by atoms with Crippen LogP contribution >= 0.6 is 11.3 Å². The van der Waals surface area contributed by atoms with Gasteiger partial charge in [-0.15, -0.1) is 11.3 Å². The number of urea groups is 1. The van der Waals surface area contributed by atoms with Gasteiger partial charge in [0, 0.05) is 24.0 Å². The fourth-order valence-corrected chi connectivity index (χ4v) is 5.27. The second kappa shape index (κ2) is 15.2. The van der Waals surface area contributed by atoms with Crippen LogP contribution in [-0.2, 0) is 17.8 Å². The standard InChI is InChI=1S/C31H41N3O6S/c1-21(2)18-34(31(36)32-25-10-9-24(37-4)17-27(25)39-6)20-30(35)33(19-29-22(3)13-15-41-29)14-12-23-8-11-26(38-5)28(16-23)40-7/h8-11,13,15-17,21H,12,14,18-20H2,1-7H3,(H,32,36). The lowest BCUT2D eigenvalue weighted by molar-refractivity contribution is -0.132. The molecule has 0 unspecified atom stereocenters. The Bertz CT molecular complexity index is 1310. The molecule has 9 nitrogen and oxygen atoms in total. The van der Waals surface area contributed by atoms with Gasteiger partial charge >= 0.3 is 6.03 Å². The first-order valence-corrected chi connectivity index (χ1v) is 14.4.